The Balaban J connectivity index is 1.35. The Morgan fingerprint density at radius 2 is 1.32 bits per heavy atom. The first-order valence-corrected chi connectivity index (χ1v) is 14.2. The van der Waals surface area contributed by atoms with Crippen molar-refractivity contribution in [3.63, 3.8) is 0 Å². The molecule has 0 atom stereocenters. The second-order valence-corrected chi connectivity index (χ2v) is 10.6. The molecule has 4 aromatic carbocycles. The molecular weight excluding hydrogens is 506 g/mol. The van der Waals surface area contributed by atoms with Gasteiger partial charge in [0.2, 0.25) is 0 Å². The van der Waals surface area contributed by atoms with Crippen LogP contribution in [0, 0.1) is 0 Å². The molecule has 0 bridgehead atoms. The largest absolute Gasteiger partial charge is 0.497 e. The number of benzene rings is 4. The van der Waals surface area contributed by atoms with Gasteiger partial charge in [-0.1, -0.05) is 85.3 Å². The molecule has 1 saturated carbocycles. The molecule has 1 aromatic heterocycles. The Morgan fingerprint density at radius 1 is 0.683 bits per heavy atom. The summed E-state index contributed by atoms with van der Waals surface area (Å²) in [5.41, 5.74) is 6.76. The Kier molecular flexibility index (Phi) is 7.84. The van der Waals surface area contributed by atoms with Gasteiger partial charge in [0.05, 0.1) is 26.5 Å². The van der Waals surface area contributed by atoms with Gasteiger partial charge in [0.15, 0.2) is 0 Å². The van der Waals surface area contributed by atoms with Crippen molar-refractivity contribution in [2.75, 3.05) is 14.2 Å². The molecule has 0 unspecified atom stereocenters. The summed E-state index contributed by atoms with van der Waals surface area (Å²) in [6.45, 7) is 0.377. The summed E-state index contributed by atoms with van der Waals surface area (Å²) in [4.78, 5) is 4.84. The SMILES string of the molecule is COc1ccc(C(OCc2ccc(-c3cccc(C4CCC4)c3)nc2)(c2ccccc2)c2ccc(OC)cc2)cc1. The van der Waals surface area contributed by atoms with Crippen LogP contribution < -0.4 is 9.47 Å². The molecule has 6 rings (SSSR count). The molecule has 5 aromatic rings. The number of rotatable bonds is 10. The highest BCUT2D eigenvalue weighted by atomic mass is 16.5. The van der Waals surface area contributed by atoms with Crippen LogP contribution in [0.4, 0.5) is 0 Å². The lowest BCUT2D eigenvalue weighted by atomic mass is 9.79. The van der Waals surface area contributed by atoms with Gasteiger partial charge in [-0.25, -0.2) is 0 Å². The maximum Gasteiger partial charge on any atom is 0.144 e. The molecule has 1 fully saturated rings. The van der Waals surface area contributed by atoms with E-state index >= 15 is 0 Å². The third-order valence-corrected chi connectivity index (χ3v) is 8.21. The predicted octanol–water partition coefficient (Wildman–Crippen LogP) is 8.54. The normalized spacial score (nSPS) is 13.4. The van der Waals surface area contributed by atoms with E-state index < -0.39 is 5.60 Å². The second kappa shape index (κ2) is 12.0. The van der Waals surface area contributed by atoms with Crippen LogP contribution >= 0.6 is 0 Å². The smallest absolute Gasteiger partial charge is 0.144 e. The van der Waals surface area contributed by atoms with Crippen molar-refractivity contribution in [2.24, 2.45) is 0 Å². The third kappa shape index (κ3) is 5.48. The zero-order valence-electron chi connectivity index (χ0n) is 23.6. The highest BCUT2D eigenvalue weighted by Crippen LogP contribution is 2.42. The fourth-order valence-electron chi connectivity index (χ4n) is 5.64. The number of pyridine rings is 1. The molecule has 0 amide bonds. The van der Waals surface area contributed by atoms with Gasteiger partial charge in [-0.3, -0.25) is 4.98 Å². The van der Waals surface area contributed by atoms with Crippen LogP contribution in [0.15, 0.2) is 121 Å². The van der Waals surface area contributed by atoms with Gasteiger partial charge < -0.3 is 14.2 Å². The van der Waals surface area contributed by atoms with Crippen molar-refractivity contribution in [1.82, 2.24) is 4.98 Å². The molecule has 1 heterocycles. The lowest BCUT2D eigenvalue weighted by Gasteiger charge is -2.36. The molecular formula is C37H35NO3. The van der Waals surface area contributed by atoms with E-state index in [0.717, 1.165) is 45.0 Å². The minimum Gasteiger partial charge on any atom is -0.497 e. The first-order chi connectivity index (χ1) is 20.2. The number of hydrogen-bond acceptors (Lipinski definition) is 4. The standard InChI is InChI=1S/C37H35NO3/c1-39-34-19-15-32(16-20-34)37(31-12-4-3-5-13-31,33-17-21-35(40-2)22-18-33)41-26-27-14-23-36(38-25-27)30-11-7-10-29(24-30)28-8-6-9-28/h3-5,7,10-25,28H,6,8-9,26H2,1-2H3. The van der Waals surface area contributed by atoms with Crippen LogP contribution in [-0.4, -0.2) is 19.2 Å². The van der Waals surface area contributed by atoms with Crippen molar-refractivity contribution in [1.29, 1.82) is 0 Å². The molecule has 1 aliphatic rings. The maximum absolute atomic E-state index is 7.02. The average Bonchev–Trinajstić information content (AvgIpc) is 3.02. The first-order valence-electron chi connectivity index (χ1n) is 14.2. The van der Waals surface area contributed by atoms with Crippen LogP contribution in [0.25, 0.3) is 11.3 Å². The van der Waals surface area contributed by atoms with Crippen LogP contribution in [0.3, 0.4) is 0 Å². The van der Waals surface area contributed by atoms with E-state index in [-0.39, 0.29) is 0 Å². The molecule has 0 radical (unpaired) electrons. The second-order valence-electron chi connectivity index (χ2n) is 10.6. The topological polar surface area (TPSA) is 40.6 Å². The van der Waals surface area contributed by atoms with Crippen LogP contribution in [-0.2, 0) is 16.9 Å². The van der Waals surface area contributed by atoms with Crippen molar-refractivity contribution in [3.8, 4) is 22.8 Å². The summed E-state index contributed by atoms with van der Waals surface area (Å²) in [5.74, 6) is 2.29. The van der Waals surface area contributed by atoms with E-state index in [0.29, 0.717) is 12.5 Å². The Hall–Kier alpha value is -4.41. The first kappa shape index (κ1) is 26.8. The van der Waals surface area contributed by atoms with E-state index in [1.54, 1.807) is 14.2 Å². The fraction of sp³-hybridized carbons (Fsp3) is 0.216. The summed E-state index contributed by atoms with van der Waals surface area (Å²) >= 11 is 0. The molecule has 1 aliphatic carbocycles. The number of methoxy groups -OCH3 is 2. The van der Waals surface area contributed by atoms with E-state index in [2.05, 4.69) is 84.9 Å². The van der Waals surface area contributed by atoms with E-state index in [4.69, 9.17) is 19.2 Å². The highest BCUT2D eigenvalue weighted by molar-refractivity contribution is 5.60. The van der Waals surface area contributed by atoms with E-state index in [9.17, 15) is 0 Å². The minimum absolute atomic E-state index is 0.377. The Labute approximate surface area is 242 Å². The van der Waals surface area contributed by atoms with Gasteiger partial charge in [-0.05, 0) is 83.0 Å². The zero-order chi connectivity index (χ0) is 28.1. The number of aromatic nitrogens is 1. The van der Waals surface area contributed by atoms with Gasteiger partial charge in [0.1, 0.15) is 17.1 Å². The van der Waals surface area contributed by atoms with Crippen LogP contribution in [0.5, 0.6) is 11.5 Å². The molecule has 4 nitrogen and oxygen atoms in total. The van der Waals surface area contributed by atoms with Crippen LogP contribution in [0.2, 0.25) is 0 Å². The quantitative estimate of drug-likeness (QED) is 0.166. The lowest BCUT2D eigenvalue weighted by Crippen LogP contribution is -2.32. The molecule has 206 valence electrons. The van der Waals surface area contributed by atoms with Crippen molar-refractivity contribution >= 4 is 0 Å². The fourth-order valence-corrected chi connectivity index (χ4v) is 5.64. The molecule has 0 saturated heterocycles. The molecule has 0 aliphatic heterocycles. The van der Waals surface area contributed by atoms with Gasteiger partial charge in [0, 0.05) is 11.8 Å². The zero-order valence-corrected chi connectivity index (χ0v) is 23.6. The molecule has 41 heavy (non-hydrogen) atoms. The van der Waals surface area contributed by atoms with Gasteiger partial charge in [-0.2, -0.15) is 0 Å². The monoisotopic (exact) mass is 541 g/mol. The minimum atomic E-state index is -0.865. The highest BCUT2D eigenvalue weighted by Gasteiger charge is 2.38. The van der Waals surface area contributed by atoms with Gasteiger partial charge in [-0.15, -0.1) is 0 Å². The molecule has 4 heteroatoms. The van der Waals surface area contributed by atoms with Crippen molar-refractivity contribution in [3.05, 3.63) is 149 Å². The summed E-state index contributed by atoms with van der Waals surface area (Å²) in [6.07, 6.45) is 5.85. The van der Waals surface area contributed by atoms with Crippen molar-refractivity contribution in [2.45, 2.75) is 37.4 Å². The maximum atomic E-state index is 7.02. The third-order valence-electron chi connectivity index (χ3n) is 8.21. The van der Waals surface area contributed by atoms with E-state index in [1.165, 1.54) is 24.8 Å². The number of nitrogens with zero attached hydrogens (tertiary/aromatic N) is 1. The van der Waals surface area contributed by atoms with Crippen molar-refractivity contribution < 1.29 is 14.2 Å². The molecule has 0 N–H and O–H groups in total. The Bertz CT molecular complexity index is 1510. The predicted molar refractivity (Wildman–Crippen MR) is 163 cm³/mol. The van der Waals surface area contributed by atoms with E-state index in [1.807, 2.05) is 36.5 Å². The number of hydrogen-bond donors (Lipinski definition) is 0. The molecule has 0 spiro atoms. The summed E-state index contributed by atoms with van der Waals surface area (Å²) < 4.78 is 17.9. The summed E-state index contributed by atoms with van der Waals surface area (Å²) in [6, 6.07) is 39.7. The van der Waals surface area contributed by atoms with Gasteiger partial charge in [0.25, 0.3) is 0 Å². The van der Waals surface area contributed by atoms with Crippen LogP contribution in [0.1, 0.15) is 53.0 Å². The number of ether oxygens (including phenoxy) is 3. The summed E-state index contributed by atoms with van der Waals surface area (Å²) in [5, 5.41) is 0. The van der Waals surface area contributed by atoms with Gasteiger partial charge >= 0.3 is 0 Å². The lowest BCUT2D eigenvalue weighted by molar-refractivity contribution is 0.0000786. The summed E-state index contributed by atoms with van der Waals surface area (Å²) in [7, 11) is 3.36. The Morgan fingerprint density at radius 3 is 1.85 bits per heavy atom. The average molecular weight is 542 g/mol.